The van der Waals surface area contributed by atoms with Gasteiger partial charge in [-0.05, 0) is 68.0 Å². The Hall–Kier alpha value is -3.03. The molecule has 2 aromatic heterocycles. The molecule has 2 saturated heterocycles. The molecule has 7 nitrogen and oxygen atoms in total. The number of piperidine rings is 1. The van der Waals surface area contributed by atoms with Crippen LogP contribution in [0.25, 0.3) is 5.69 Å². The highest BCUT2D eigenvalue weighted by Gasteiger charge is 2.33. The third-order valence-corrected chi connectivity index (χ3v) is 6.68. The number of carbonyl (C=O) groups is 1. The van der Waals surface area contributed by atoms with E-state index >= 15 is 0 Å². The number of benzene rings is 1. The molecule has 1 N–H and O–H groups in total. The molecule has 0 saturated carbocycles. The van der Waals surface area contributed by atoms with E-state index in [1.807, 2.05) is 47.5 Å². The van der Waals surface area contributed by atoms with Crippen LogP contribution >= 0.6 is 0 Å². The van der Waals surface area contributed by atoms with Crippen molar-refractivity contribution < 1.29 is 9.53 Å². The first kappa shape index (κ1) is 21.8. The number of nitrogens with zero attached hydrogens (tertiary/aromatic N) is 4. The van der Waals surface area contributed by atoms with Crippen LogP contribution < -0.4 is 5.32 Å². The number of hydrogen-bond acceptors (Lipinski definition) is 5. The van der Waals surface area contributed by atoms with Gasteiger partial charge in [0.15, 0.2) is 0 Å². The summed E-state index contributed by atoms with van der Waals surface area (Å²) in [5.41, 5.74) is 3.28. The molecular weight excluding hydrogens is 414 g/mol. The minimum atomic E-state index is -0.336. The third-order valence-electron chi connectivity index (χ3n) is 6.68. The molecule has 33 heavy (non-hydrogen) atoms. The zero-order chi connectivity index (χ0) is 22.5. The second-order valence-corrected chi connectivity index (χ2v) is 8.96. The normalized spacial score (nSPS) is 22.2. The smallest absolute Gasteiger partial charge is 0.249 e. The zero-order valence-corrected chi connectivity index (χ0v) is 18.8. The average molecular weight is 446 g/mol. The summed E-state index contributed by atoms with van der Waals surface area (Å²) in [5, 5.41) is 7.72. The maximum Gasteiger partial charge on any atom is 0.249 e. The number of para-hydroxylation sites is 1. The van der Waals surface area contributed by atoms with E-state index in [0.29, 0.717) is 6.61 Å². The molecule has 0 spiro atoms. The summed E-state index contributed by atoms with van der Waals surface area (Å²) < 4.78 is 7.56. The van der Waals surface area contributed by atoms with Gasteiger partial charge in [-0.25, -0.2) is 4.68 Å². The first-order valence-electron chi connectivity index (χ1n) is 11.9. The first-order valence-corrected chi connectivity index (χ1v) is 11.9. The fourth-order valence-corrected chi connectivity index (χ4v) is 5.05. The molecule has 0 aliphatic carbocycles. The second-order valence-electron chi connectivity index (χ2n) is 8.96. The Morgan fingerprint density at radius 3 is 2.79 bits per heavy atom. The Kier molecular flexibility index (Phi) is 6.79. The van der Waals surface area contributed by atoms with Crippen molar-refractivity contribution in [2.45, 2.75) is 44.4 Å². The molecule has 0 radical (unpaired) electrons. The van der Waals surface area contributed by atoms with Gasteiger partial charge in [0, 0.05) is 38.3 Å². The number of hydrogen-bond donors (Lipinski definition) is 1. The van der Waals surface area contributed by atoms with Crippen LogP contribution in [-0.4, -0.2) is 51.4 Å². The summed E-state index contributed by atoms with van der Waals surface area (Å²) >= 11 is 0. The summed E-state index contributed by atoms with van der Waals surface area (Å²) in [6.07, 6.45) is 9.15. The molecule has 172 valence electrons. The fraction of sp³-hybridized carbons (Fsp3) is 0.423. The third kappa shape index (κ3) is 5.15. The van der Waals surface area contributed by atoms with Gasteiger partial charge in [-0.1, -0.05) is 24.3 Å². The summed E-state index contributed by atoms with van der Waals surface area (Å²) in [6.45, 7) is 3.46. The number of ether oxygens (including phenoxy) is 1. The predicted molar refractivity (Wildman–Crippen MR) is 126 cm³/mol. The number of pyridine rings is 1. The fourth-order valence-electron chi connectivity index (χ4n) is 5.05. The van der Waals surface area contributed by atoms with E-state index in [9.17, 15) is 4.79 Å². The SMILES string of the molecule is O=C(N[C@H](c1ccccn1)[C@@H]1CCCN(Cc2ccccc2-n2cccn2)C1)[C@H]1CCCO1. The van der Waals surface area contributed by atoms with E-state index in [4.69, 9.17) is 4.74 Å². The van der Waals surface area contributed by atoms with E-state index in [2.05, 4.69) is 44.6 Å². The van der Waals surface area contributed by atoms with Crippen LogP contribution in [0.4, 0.5) is 0 Å². The Balaban J connectivity index is 1.33. The molecule has 7 heteroatoms. The van der Waals surface area contributed by atoms with E-state index in [1.165, 1.54) is 5.56 Å². The standard InChI is InChI=1S/C26H31N5O2/c32-26(24-12-6-17-33-24)29-25(22-10-3-4-13-27-22)21-9-5-15-30(19-21)18-20-8-1-2-11-23(20)31-16-7-14-28-31/h1-4,7-8,10-11,13-14,16,21,24-25H,5-6,9,12,15,17-19H2,(H,29,32)/t21-,24-,25+/m1/s1. The molecule has 3 atom stereocenters. The van der Waals surface area contributed by atoms with Crippen molar-refractivity contribution in [1.82, 2.24) is 25.0 Å². The molecule has 2 aliphatic heterocycles. The van der Waals surface area contributed by atoms with Crippen molar-refractivity contribution in [1.29, 1.82) is 0 Å². The molecule has 0 bridgehead atoms. The van der Waals surface area contributed by atoms with E-state index < -0.39 is 0 Å². The Morgan fingerprint density at radius 1 is 1.09 bits per heavy atom. The predicted octanol–water partition coefficient (Wildman–Crippen LogP) is 3.52. The van der Waals surface area contributed by atoms with Crippen LogP contribution in [0.5, 0.6) is 0 Å². The zero-order valence-electron chi connectivity index (χ0n) is 18.8. The molecule has 3 aromatic rings. The lowest BCUT2D eigenvalue weighted by Gasteiger charge is -2.37. The molecule has 0 unspecified atom stereocenters. The van der Waals surface area contributed by atoms with Gasteiger partial charge in [0.05, 0.1) is 17.4 Å². The second kappa shape index (κ2) is 10.3. The van der Waals surface area contributed by atoms with E-state index in [0.717, 1.165) is 56.7 Å². The number of amides is 1. The molecular formula is C26H31N5O2. The van der Waals surface area contributed by atoms with Crippen LogP contribution in [0.2, 0.25) is 0 Å². The van der Waals surface area contributed by atoms with Gasteiger partial charge in [0.2, 0.25) is 5.91 Å². The van der Waals surface area contributed by atoms with Gasteiger partial charge in [-0.2, -0.15) is 5.10 Å². The van der Waals surface area contributed by atoms with Crippen LogP contribution in [0.15, 0.2) is 67.1 Å². The quantitative estimate of drug-likeness (QED) is 0.603. The topological polar surface area (TPSA) is 72.3 Å². The number of carbonyl (C=O) groups excluding carboxylic acids is 1. The van der Waals surface area contributed by atoms with E-state index in [1.54, 1.807) is 0 Å². The van der Waals surface area contributed by atoms with Gasteiger partial charge >= 0.3 is 0 Å². The number of aromatic nitrogens is 3. The molecule has 1 aromatic carbocycles. The minimum absolute atomic E-state index is 0.00990. The van der Waals surface area contributed by atoms with Crippen LogP contribution in [-0.2, 0) is 16.1 Å². The van der Waals surface area contributed by atoms with Crippen molar-refractivity contribution in [3.8, 4) is 5.69 Å². The monoisotopic (exact) mass is 445 g/mol. The number of rotatable bonds is 7. The number of nitrogens with one attached hydrogen (secondary N) is 1. The highest BCUT2D eigenvalue weighted by atomic mass is 16.5. The molecule has 1 amide bonds. The Bertz CT molecular complexity index is 1030. The lowest BCUT2D eigenvalue weighted by Crippen LogP contribution is -2.45. The van der Waals surface area contributed by atoms with Crippen molar-refractivity contribution in [3.63, 3.8) is 0 Å². The van der Waals surface area contributed by atoms with Gasteiger partial charge in [-0.15, -0.1) is 0 Å². The summed E-state index contributed by atoms with van der Waals surface area (Å²) in [7, 11) is 0. The summed E-state index contributed by atoms with van der Waals surface area (Å²) in [5.74, 6) is 0.278. The lowest BCUT2D eigenvalue weighted by atomic mass is 9.88. The van der Waals surface area contributed by atoms with Crippen LogP contribution in [0, 0.1) is 5.92 Å². The Labute approximate surface area is 194 Å². The Morgan fingerprint density at radius 2 is 2.00 bits per heavy atom. The van der Waals surface area contributed by atoms with Gasteiger partial charge in [0.25, 0.3) is 0 Å². The average Bonchev–Trinajstić information content (AvgIpc) is 3.58. The first-order chi connectivity index (χ1) is 16.3. The van der Waals surface area contributed by atoms with E-state index in [-0.39, 0.29) is 24.0 Å². The highest BCUT2D eigenvalue weighted by molar-refractivity contribution is 5.81. The summed E-state index contributed by atoms with van der Waals surface area (Å²) in [6, 6.07) is 16.2. The maximum atomic E-state index is 12.9. The van der Waals surface area contributed by atoms with Crippen LogP contribution in [0.3, 0.4) is 0 Å². The van der Waals surface area contributed by atoms with Gasteiger partial charge in [0.1, 0.15) is 6.10 Å². The number of likely N-dealkylation sites (tertiary alicyclic amines) is 1. The van der Waals surface area contributed by atoms with Gasteiger partial charge in [-0.3, -0.25) is 14.7 Å². The lowest BCUT2D eigenvalue weighted by molar-refractivity contribution is -0.131. The van der Waals surface area contributed by atoms with Crippen molar-refractivity contribution in [3.05, 3.63) is 78.4 Å². The van der Waals surface area contributed by atoms with Crippen LogP contribution in [0.1, 0.15) is 43.0 Å². The summed E-state index contributed by atoms with van der Waals surface area (Å²) in [4.78, 5) is 20.0. The highest BCUT2D eigenvalue weighted by Crippen LogP contribution is 2.31. The minimum Gasteiger partial charge on any atom is -0.368 e. The maximum absolute atomic E-state index is 12.9. The molecule has 2 aliphatic rings. The van der Waals surface area contributed by atoms with Crippen molar-refractivity contribution in [2.24, 2.45) is 5.92 Å². The molecule has 5 rings (SSSR count). The molecule has 2 fully saturated rings. The van der Waals surface area contributed by atoms with Crippen molar-refractivity contribution >= 4 is 5.91 Å². The molecule has 4 heterocycles. The largest absolute Gasteiger partial charge is 0.368 e. The van der Waals surface area contributed by atoms with Gasteiger partial charge < -0.3 is 10.1 Å². The van der Waals surface area contributed by atoms with Crippen molar-refractivity contribution in [2.75, 3.05) is 19.7 Å².